The second kappa shape index (κ2) is 7.36. The van der Waals surface area contributed by atoms with Gasteiger partial charge >= 0.3 is 0 Å². The molecule has 3 aromatic rings. The van der Waals surface area contributed by atoms with Crippen molar-refractivity contribution in [3.63, 3.8) is 0 Å². The molecule has 2 aromatic carbocycles. The zero-order valence-electron chi connectivity index (χ0n) is 13.1. The molecule has 0 bridgehead atoms. The van der Waals surface area contributed by atoms with Gasteiger partial charge in [-0.2, -0.15) is 0 Å². The second-order valence-corrected chi connectivity index (χ2v) is 6.29. The number of aryl methyl sites for hydroxylation is 1. The molecule has 0 aliphatic rings. The Labute approximate surface area is 143 Å². The molecule has 24 heavy (non-hydrogen) atoms. The molecule has 3 rings (SSSR count). The highest BCUT2D eigenvalue weighted by molar-refractivity contribution is 7.99. The van der Waals surface area contributed by atoms with E-state index in [1.54, 1.807) is 0 Å². The summed E-state index contributed by atoms with van der Waals surface area (Å²) in [4.78, 5) is 12.1. The van der Waals surface area contributed by atoms with E-state index in [1.807, 2.05) is 43.3 Å². The molecular formula is C19H15FN2OS. The van der Waals surface area contributed by atoms with Gasteiger partial charge in [-0.05, 0) is 48.9 Å². The predicted octanol–water partition coefficient (Wildman–Crippen LogP) is 4.57. The summed E-state index contributed by atoms with van der Waals surface area (Å²) in [5, 5.41) is 9.10. The maximum Gasteiger partial charge on any atom is 0.173 e. The van der Waals surface area contributed by atoms with Crippen molar-refractivity contribution in [1.82, 2.24) is 10.2 Å². The lowest BCUT2D eigenvalue weighted by Gasteiger charge is -2.05. The number of thioether (sulfide) groups is 1. The van der Waals surface area contributed by atoms with Crippen molar-refractivity contribution >= 4 is 17.5 Å². The van der Waals surface area contributed by atoms with Crippen molar-refractivity contribution in [1.29, 1.82) is 0 Å². The van der Waals surface area contributed by atoms with Crippen molar-refractivity contribution in [2.75, 3.05) is 5.75 Å². The summed E-state index contributed by atoms with van der Waals surface area (Å²) < 4.78 is 12.9. The summed E-state index contributed by atoms with van der Waals surface area (Å²) in [6.07, 6.45) is 0. The number of Topliss-reactive ketones (excluding diaryl/α,β-unsaturated/α-hetero) is 1. The summed E-state index contributed by atoms with van der Waals surface area (Å²) >= 11 is 1.32. The van der Waals surface area contributed by atoms with Gasteiger partial charge in [0.1, 0.15) is 10.8 Å². The van der Waals surface area contributed by atoms with Crippen molar-refractivity contribution in [2.45, 2.75) is 11.9 Å². The Bertz CT molecular complexity index is 848. The zero-order chi connectivity index (χ0) is 16.9. The van der Waals surface area contributed by atoms with Crippen LogP contribution in [0.15, 0.2) is 65.7 Å². The van der Waals surface area contributed by atoms with Crippen LogP contribution in [0.2, 0.25) is 0 Å². The number of halogens is 1. The molecule has 0 aliphatic carbocycles. The first-order valence-corrected chi connectivity index (χ1v) is 8.43. The molecule has 0 unspecified atom stereocenters. The van der Waals surface area contributed by atoms with Crippen LogP contribution in [0.3, 0.4) is 0 Å². The molecular weight excluding hydrogens is 323 g/mol. The Morgan fingerprint density at radius 1 is 1.00 bits per heavy atom. The van der Waals surface area contributed by atoms with Gasteiger partial charge in [0, 0.05) is 11.1 Å². The maximum absolute atomic E-state index is 12.9. The molecule has 0 amide bonds. The summed E-state index contributed by atoms with van der Waals surface area (Å²) in [5.74, 6) is -0.175. The average Bonchev–Trinajstić information content (AvgIpc) is 2.61. The number of rotatable bonds is 5. The van der Waals surface area contributed by atoms with Gasteiger partial charge in [-0.15, -0.1) is 10.2 Å². The number of aromatic nitrogens is 2. The van der Waals surface area contributed by atoms with Crippen molar-refractivity contribution < 1.29 is 9.18 Å². The first-order valence-electron chi connectivity index (χ1n) is 7.45. The Balaban J connectivity index is 1.65. The molecule has 0 saturated carbocycles. The topological polar surface area (TPSA) is 42.9 Å². The highest BCUT2D eigenvalue weighted by atomic mass is 32.2. The van der Waals surface area contributed by atoms with Crippen LogP contribution < -0.4 is 0 Å². The minimum absolute atomic E-state index is 0.0650. The van der Waals surface area contributed by atoms with Crippen LogP contribution in [0.5, 0.6) is 0 Å². The molecule has 120 valence electrons. The first-order chi connectivity index (χ1) is 11.6. The molecule has 1 aromatic heterocycles. The molecule has 0 radical (unpaired) electrons. The van der Waals surface area contributed by atoms with E-state index in [0.717, 1.165) is 16.8 Å². The van der Waals surface area contributed by atoms with Gasteiger partial charge < -0.3 is 0 Å². The largest absolute Gasteiger partial charge is 0.293 e. The van der Waals surface area contributed by atoms with Crippen molar-refractivity contribution in [3.8, 4) is 11.3 Å². The number of benzene rings is 2. The van der Waals surface area contributed by atoms with Gasteiger partial charge in [-0.1, -0.05) is 36.0 Å². The molecule has 0 spiro atoms. The van der Waals surface area contributed by atoms with Crippen molar-refractivity contribution in [3.05, 3.63) is 77.6 Å². The molecule has 3 nitrogen and oxygen atoms in total. The van der Waals surface area contributed by atoms with Gasteiger partial charge in [0.15, 0.2) is 5.78 Å². The third kappa shape index (κ3) is 3.86. The normalized spacial score (nSPS) is 10.6. The Kier molecular flexibility index (Phi) is 5.01. The molecule has 0 aliphatic heterocycles. The van der Waals surface area contributed by atoms with E-state index >= 15 is 0 Å². The summed E-state index contributed by atoms with van der Waals surface area (Å²) in [5.41, 5.74) is 3.48. The van der Waals surface area contributed by atoms with Crippen LogP contribution >= 0.6 is 11.8 Å². The lowest BCUT2D eigenvalue weighted by atomic mass is 10.1. The smallest absolute Gasteiger partial charge is 0.173 e. The standard InChI is InChI=1S/C19H15FN2OS/c1-13-4-2-3-5-16(13)17-10-11-19(22-21-17)24-12-18(23)14-6-8-15(20)9-7-14/h2-11H,12H2,1H3. The highest BCUT2D eigenvalue weighted by Crippen LogP contribution is 2.23. The zero-order valence-corrected chi connectivity index (χ0v) is 13.9. The Morgan fingerprint density at radius 2 is 1.75 bits per heavy atom. The third-order valence-corrected chi connectivity index (χ3v) is 4.50. The van der Waals surface area contributed by atoms with Crippen LogP contribution in [0, 0.1) is 12.7 Å². The van der Waals surface area contributed by atoms with E-state index in [-0.39, 0.29) is 17.4 Å². The number of hydrogen-bond acceptors (Lipinski definition) is 4. The molecule has 0 saturated heterocycles. The predicted molar refractivity (Wildman–Crippen MR) is 93.7 cm³/mol. The fourth-order valence-corrected chi connectivity index (χ4v) is 2.97. The molecule has 1 heterocycles. The average molecular weight is 338 g/mol. The van der Waals surface area contributed by atoms with E-state index in [9.17, 15) is 9.18 Å². The first kappa shape index (κ1) is 16.3. The Morgan fingerprint density at radius 3 is 2.42 bits per heavy atom. The van der Waals surface area contributed by atoms with E-state index in [2.05, 4.69) is 10.2 Å². The summed E-state index contributed by atoms with van der Waals surface area (Å²) in [6, 6.07) is 17.3. The van der Waals surface area contributed by atoms with Gasteiger partial charge in [0.2, 0.25) is 0 Å². The lowest BCUT2D eigenvalue weighted by Crippen LogP contribution is -2.03. The van der Waals surface area contributed by atoms with Crippen molar-refractivity contribution in [2.24, 2.45) is 0 Å². The quantitative estimate of drug-likeness (QED) is 0.505. The molecule has 0 fully saturated rings. The minimum atomic E-state index is -0.350. The van der Waals surface area contributed by atoms with E-state index in [1.165, 1.54) is 36.0 Å². The third-order valence-electron chi connectivity index (χ3n) is 3.58. The van der Waals surface area contributed by atoms with Crippen LogP contribution in [-0.2, 0) is 0 Å². The SMILES string of the molecule is Cc1ccccc1-c1ccc(SCC(=O)c2ccc(F)cc2)nn1. The lowest BCUT2D eigenvalue weighted by molar-refractivity contribution is 0.102. The Hall–Kier alpha value is -2.53. The number of carbonyl (C=O) groups excluding carboxylic acids is 1. The second-order valence-electron chi connectivity index (χ2n) is 5.29. The fourth-order valence-electron chi connectivity index (χ4n) is 2.26. The summed E-state index contributed by atoms with van der Waals surface area (Å²) in [6.45, 7) is 2.03. The minimum Gasteiger partial charge on any atom is -0.293 e. The van der Waals surface area contributed by atoms with Gasteiger partial charge in [0.25, 0.3) is 0 Å². The maximum atomic E-state index is 12.9. The number of hydrogen-bond donors (Lipinski definition) is 0. The van der Waals surface area contributed by atoms with Crippen LogP contribution in [0.25, 0.3) is 11.3 Å². The highest BCUT2D eigenvalue weighted by Gasteiger charge is 2.09. The van der Waals surface area contributed by atoms with E-state index in [4.69, 9.17) is 0 Å². The molecule has 0 N–H and O–H groups in total. The van der Waals surface area contributed by atoms with Gasteiger partial charge in [0.05, 0.1) is 11.4 Å². The van der Waals surface area contributed by atoms with Gasteiger partial charge in [-0.25, -0.2) is 4.39 Å². The van der Waals surface area contributed by atoms with Gasteiger partial charge in [-0.3, -0.25) is 4.79 Å². The monoisotopic (exact) mass is 338 g/mol. The van der Waals surface area contributed by atoms with Crippen LogP contribution in [0.4, 0.5) is 4.39 Å². The van der Waals surface area contributed by atoms with Crippen LogP contribution in [-0.4, -0.2) is 21.7 Å². The molecule has 0 atom stereocenters. The van der Waals surface area contributed by atoms with E-state index < -0.39 is 0 Å². The van der Waals surface area contributed by atoms with E-state index in [0.29, 0.717) is 10.6 Å². The van der Waals surface area contributed by atoms with Crippen LogP contribution in [0.1, 0.15) is 15.9 Å². The summed E-state index contributed by atoms with van der Waals surface area (Å²) in [7, 11) is 0. The number of carbonyl (C=O) groups is 1. The number of ketones is 1. The molecule has 5 heteroatoms. The number of nitrogens with zero attached hydrogens (tertiary/aromatic N) is 2. The fraction of sp³-hybridized carbons (Fsp3) is 0.105.